The van der Waals surface area contributed by atoms with E-state index in [1.165, 1.54) is 0 Å². The van der Waals surface area contributed by atoms with E-state index in [2.05, 4.69) is 0 Å². The third kappa shape index (κ3) is 2.39. The summed E-state index contributed by atoms with van der Waals surface area (Å²) in [5.74, 6) is -1.12. The first-order chi connectivity index (χ1) is 3.68. The molecule has 1 unspecified atom stereocenters. The molecule has 8 heavy (non-hydrogen) atoms. The van der Waals surface area contributed by atoms with Gasteiger partial charge in [-0.05, 0) is 13.8 Å². The van der Waals surface area contributed by atoms with Crippen LogP contribution in [0.2, 0.25) is 0 Å². The van der Waals surface area contributed by atoms with E-state index >= 15 is 0 Å². The average Bonchev–Trinajstić information content (AvgIpc) is 1.67. The second-order valence-electron chi connectivity index (χ2n) is 1.65. The highest BCUT2D eigenvalue weighted by molar-refractivity contribution is 5.71. The summed E-state index contributed by atoms with van der Waals surface area (Å²) in [5, 5.41) is 8.26. The molecule has 0 saturated heterocycles. The SMILES string of the molecule is CC=CC(C)C(=O)O. The van der Waals surface area contributed by atoms with E-state index in [9.17, 15) is 4.79 Å². The Bertz CT molecular complexity index is 105. The van der Waals surface area contributed by atoms with Gasteiger partial charge in [-0.25, -0.2) is 0 Å². The van der Waals surface area contributed by atoms with Crippen LogP contribution in [0.15, 0.2) is 12.2 Å². The van der Waals surface area contributed by atoms with Crippen LogP contribution in [0.4, 0.5) is 0 Å². The normalized spacial score (nSPS) is 14.2. The fraction of sp³-hybridized carbons (Fsp3) is 0.500. The van der Waals surface area contributed by atoms with Gasteiger partial charge in [0.05, 0.1) is 5.92 Å². The van der Waals surface area contributed by atoms with Gasteiger partial charge in [-0.3, -0.25) is 4.79 Å². The van der Waals surface area contributed by atoms with Crippen molar-refractivity contribution in [2.45, 2.75) is 13.8 Å². The van der Waals surface area contributed by atoms with Crippen molar-refractivity contribution in [3.8, 4) is 0 Å². The van der Waals surface area contributed by atoms with Gasteiger partial charge in [-0.1, -0.05) is 12.2 Å². The Hall–Kier alpha value is -0.790. The average molecular weight is 114 g/mol. The summed E-state index contributed by atoms with van der Waals surface area (Å²) in [5.41, 5.74) is 0. The van der Waals surface area contributed by atoms with E-state index in [1.807, 2.05) is 0 Å². The zero-order chi connectivity index (χ0) is 6.57. The number of rotatable bonds is 2. The molecule has 0 bridgehead atoms. The van der Waals surface area contributed by atoms with E-state index < -0.39 is 5.97 Å². The first kappa shape index (κ1) is 7.21. The Balaban J connectivity index is 3.64. The zero-order valence-corrected chi connectivity index (χ0v) is 5.09. The van der Waals surface area contributed by atoms with Crippen LogP contribution in [0.25, 0.3) is 0 Å². The second-order valence-corrected chi connectivity index (χ2v) is 1.65. The van der Waals surface area contributed by atoms with Crippen LogP contribution in [0.5, 0.6) is 0 Å². The Morgan fingerprint density at radius 1 is 1.75 bits per heavy atom. The van der Waals surface area contributed by atoms with Crippen molar-refractivity contribution in [3.63, 3.8) is 0 Å². The van der Waals surface area contributed by atoms with Gasteiger partial charge in [0.2, 0.25) is 0 Å². The highest BCUT2D eigenvalue weighted by Crippen LogP contribution is 1.94. The van der Waals surface area contributed by atoms with Gasteiger partial charge in [0.15, 0.2) is 0 Å². The summed E-state index contributed by atoms with van der Waals surface area (Å²) in [6.45, 7) is 3.45. The van der Waals surface area contributed by atoms with E-state index in [1.54, 1.807) is 26.0 Å². The number of carboxylic acids is 1. The molecule has 0 aromatic rings. The van der Waals surface area contributed by atoms with Crippen LogP contribution in [0.1, 0.15) is 13.8 Å². The van der Waals surface area contributed by atoms with Gasteiger partial charge < -0.3 is 5.11 Å². The minimum atomic E-state index is -0.775. The molecule has 0 heterocycles. The molecule has 46 valence electrons. The predicted octanol–water partition coefficient (Wildman–Crippen LogP) is 1.28. The number of aliphatic carboxylic acids is 1. The summed E-state index contributed by atoms with van der Waals surface area (Å²) < 4.78 is 0. The lowest BCUT2D eigenvalue weighted by Gasteiger charge is -1.93. The third-order valence-electron chi connectivity index (χ3n) is 0.871. The minimum Gasteiger partial charge on any atom is -0.481 e. The number of hydrogen-bond donors (Lipinski definition) is 1. The van der Waals surface area contributed by atoms with Crippen LogP contribution in [-0.4, -0.2) is 11.1 Å². The fourth-order valence-corrected chi connectivity index (χ4v) is 0.371. The molecule has 2 nitrogen and oxygen atoms in total. The Kier molecular flexibility index (Phi) is 2.92. The maximum absolute atomic E-state index is 10.0. The molecule has 0 amide bonds. The van der Waals surface area contributed by atoms with Crippen LogP contribution in [0, 0.1) is 5.92 Å². The molecule has 0 spiro atoms. The van der Waals surface area contributed by atoms with Crippen molar-refractivity contribution in [2.24, 2.45) is 5.92 Å². The Morgan fingerprint density at radius 2 is 2.25 bits per heavy atom. The minimum absolute atomic E-state index is 0.347. The molecule has 0 aliphatic carbocycles. The number of carboxylic acid groups (broad SMARTS) is 1. The van der Waals surface area contributed by atoms with Crippen LogP contribution in [0.3, 0.4) is 0 Å². The van der Waals surface area contributed by atoms with Crippen molar-refractivity contribution in [2.75, 3.05) is 0 Å². The molecule has 0 saturated carbocycles. The molecule has 0 radical (unpaired) electrons. The molecule has 0 fully saturated rings. The van der Waals surface area contributed by atoms with Gasteiger partial charge in [0.1, 0.15) is 0 Å². The van der Waals surface area contributed by atoms with Gasteiger partial charge in [0, 0.05) is 0 Å². The van der Waals surface area contributed by atoms with Crippen molar-refractivity contribution >= 4 is 5.97 Å². The second kappa shape index (κ2) is 3.24. The topological polar surface area (TPSA) is 37.3 Å². The summed E-state index contributed by atoms with van der Waals surface area (Å²) in [4.78, 5) is 10.0. The van der Waals surface area contributed by atoms with Crippen molar-refractivity contribution in [3.05, 3.63) is 12.2 Å². The first-order valence-corrected chi connectivity index (χ1v) is 2.54. The largest absolute Gasteiger partial charge is 0.481 e. The lowest BCUT2D eigenvalue weighted by Crippen LogP contribution is -2.05. The molecule has 0 rings (SSSR count). The molecule has 0 aliphatic rings. The summed E-state index contributed by atoms with van der Waals surface area (Å²) >= 11 is 0. The first-order valence-electron chi connectivity index (χ1n) is 2.54. The standard InChI is InChI=1S/C6H10O2/c1-3-4-5(2)6(7)8/h3-5H,1-2H3,(H,7,8). The summed E-state index contributed by atoms with van der Waals surface area (Å²) in [6.07, 6.45) is 3.38. The molecule has 1 atom stereocenters. The van der Waals surface area contributed by atoms with Crippen LogP contribution >= 0.6 is 0 Å². The molecular weight excluding hydrogens is 104 g/mol. The van der Waals surface area contributed by atoms with Crippen molar-refractivity contribution in [1.29, 1.82) is 0 Å². The van der Waals surface area contributed by atoms with Crippen LogP contribution < -0.4 is 0 Å². The summed E-state index contributed by atoms with van der Waals surface area (Å²) in [6, 6.07) is 0. The van der Waals surface area contributed by atoms with E-state index in [0.29, 0.717) is 0 Å². The van der Waals surface area contributed by atoms with Gasteiger partial charge in [-0.15, -0.1) is 0 Å². The smallest absolute Gasteiger partial charge is 0.310 e. The van der Waals surface area contributed by atoms with E-state index in [-0.39, 0.29) is 5.92 Å². The number of carbonyl (C=O) groups is 1. The van der Waals surface area contributed by atoms with Gasteiger partial charge in [-0.2, -0.15) is 0 Å². The van der Waals surface area contributed by atoms with Gasteiger partial charge in [0.25, 0.3) is 0 Å². The highest BCUT2D eigenvalue weighted by atomic mass is 16.4. The maximum Gasteiger partial charge on any atom is 0.310 e. The predicted molar refractivity (Wildman–Crippen MR) is 31.6 cm³/mol. The third-order valence-corrected chi connectivity index (χ3v) is 0.871. The van der Waals surface area contributed by atoms with Gasteiger partial charge >= 0.3 is 5.97 Å². The van der Waals surface area contributed by atoms with Crippen molar-refractivity contribution < 1.29 is 9.90 Å². The number of hydrogen-bond acceptors (Lipinski definition) is 1. The molecule has 0 aliphatic heterocycles. The molecular formula is C6H10O2. The quantitative estimate of drug-likeness (QED) is 0.549. The zero-order valence-electron chi connectivity index (χ0n) is 5.09. The van der Waals surface area contributed by atoms with Crippen LogP contribution in [-0.2, 0) is 4.79 Å². The number of allylic oxidation sites excluding steroid dienone is 1. The lowest BCUT2D eigenvalue weighted by molar-refractivity contribution is -0.139. The molecule has 0 aromatic heterocycles. The maximum atomic E-state index is 10.0. The summed E-state index contributed by atoms with van der Waals surface area (Å²) in [7, 11) is 0. The van der Waals surface area contributed by atoms with E-state index in [4.69, 9.17) is 5.11 Å². The lowest BCUT2D eigenvalue weighted by atomic mass is 10.2. The molecule has 0 aromatic carbocycles. The monoisotopic (exact) mass is 114 g/mol. The van der Waals surface area contributed by atoms with Crippen molar-refractivity contribution in [1.82, 2.24) is 0 Å². The van der Waals surface area contributed by atoms with E-state index in [0.717, 1.165) is 0 Å². The molecule has 2 heteroatoms. The highest BCUT2D eigenvalue weighted by Gasteiger charge is 2.03. The Morgan fingerprint density at radius 3 is 2.38 bits per heavy atom. The molecule has 1 N–H and O–H groups in total. The Labute approximate surface area is 48.8 Å². The fourth-order valence-electron chi connectivity index (χ4n) is 0.371.